The zero-order chi connectivity index (χ0) is 27.1. The highest BCUT2D eigenvalue weighted by molar-refractivity contribution is 7.13. The molecule has 0 aliphatic carbocycles. The predicted octanol–water partition coefficient (Wildman–Crippen LogP) is 2.79. The second-order valence-electron chi connectivity index (χ2n) is 8.06. The van der Waals surface area contributed by atoms with E-state index in [1.807, 2.05) is 11.1 Å². The van der Waals surface area contributed by atoms with Gasteiger partial charge in [-0.1, -0.05) is 0 Å². The summed E-state index contributed by atoms with van der Waals surface area (Å²) >= 11 is 1.73. The number of piperidine rings is 1. The maximum absolute atomic E-state index is 11.7. The molecular weight excluding hydrogens is 510 g/mol. The van der Waals surface area contributed by atoms with Crippen molar-refractivity contribution in [2.45, 2.75) is 44.2 Å². The number of thiazole rings is 1. The van der Waals surface area contributed by atoms with Gasteiger partial charge in [0.2, 0.25) is 5.91 Å². The molecule has 1 amide bonds. The summed E-state index contributed by atoms with van der Waals surface area (Å²) in [6.07, 6.45) is -6.05. The summed E-state index contributed by atoms with van der Waals surface area (Å²) in [6, 6.07) is 1.05. The summed E-state index contributed by atoms with van der Waals surface area (Å²) in [5.74, 6) is -4.72. The molecular formula is C19H26F6N4O5S. The van der Waals surface area contributed by atoms with Crippen molar-refractivity contribution < 1.29 is 50.9 Å². The number of halogens is 6. The third kappa shape index (κ3) is 9.51. The Bertz CT molecular complexity index is 826. The molecule has 0 spiro atoms. The normalized spacial score (nSPS) is 21.9. The van der Waals surface area contributed by atoms with Crippen LogP contribution in [0.5, 0.6) is 0 Å². The van der Waals surface area contributed by atoms with E-state index in [0.717, 1.165) is 37.6 Å². The largest absolute Gasteiger partial charge is 0.490 e. The summed E-state index contributed by atoms with van der Waals surface area (Å²) in [7, 11) is 4.26. The Morgan fingerprint density at radius 1 is 1.11 bits per heavy atom. The van der Waals surface area contributed by atoms with Crippen LogP contribution in [0.1, 0.15) is 19.8 Å². The van der Waals surface area contributed by atoms with E-state index in [0.29, 0.717) is 18.0 Å². The van der Waals surface area contributed by atoms with E-state index in [9.17, 15) is 31.1 Å². The predicted molar refractivity (Wildman–Crippen MR) is 113 cm³/mol. The maximum atomic E-state index is 11.7. The van der Waals surface area contributed by atoms with Gasteiger partial charge in [0.1, 0.15) is 0 Å². The van der Waals surface area contributed by atoms with E-state index < -0.39 is 24.3 Å². The number of likely N-dealkylation sites (tertiary alicyclic amines) is 1. The number of aliphatic carboxylic acids is 2. The molecule has 2 aliphatic rings. The Labute approximate surface area is 200 Å². The molecule has 3 heterocycles. The van der Waals surface area contributed by atoms with Crippen LogP contribution >= 0.6 is 11.3 Å². The Morgan fingerprint density at radius 2 is 1.63 bits per heavy atom. The Balaban J connectivity index is 0.000000362. The van der Waals surface area contributed by atoms with Gasteiger partial charge in [-0.2, -0.15) is 26.3 Å². The van der Waals surface area contributed by atoms with Gasteiger partial charge in [0.15, 0.2) is 5.13 Å². The lowest BCUT2D eigenvalue weighted by molar-refractivity contribution is -0.193. The highest BCUT2D eigenvalue weighted by atomic mass is 32.1. The molecule has 3 rings (SSSR count). The van der Waals surface area contributed by atoms with Crippen molar-refractivity contribution in [3.05, 3.63) is 11.6 Å². The number of aromatic nitrogens is 1. The number of carbonyl (C=O) groups excluding carboxylic acids is 1. The SMILES string of the molecule is CC(=O)N1CC[C@H]2[C@H](C[C@@H](CN(C)C)N2c2nccs2)C1.O=C(O)C(F)(F)F.O=C(O)C(F)(F)F. The molecule has 2 N–H and O–H groups in total. The molecule has 0 bridgehead atoms. The van der Waals surface area contributed by atoms with Crippen LogP contribution in [0.15, 0.2) is 11.6 Å². The Morgan fingerprint density at radius 3 is 2.00 bits per heavy atom. The Hall–Kier alpha value is -2.62. The average molecular weight is 536 g/mol. The lowest BCUT2D eigenvalue weighted by atomic mass is 9.92. The van der Waals surface area contributed by atoms with Crippen LogP contribution < -0.4 is 4.90 Å². The molecule has 1 aromatic rings. The van der Waals surface area contributed by atoms with Crippen LogP contribution in [0.2, 0.25) is 0 Å². The summed E-state index contributed by atoms with van der Waals surface area (Å²) in [5, 5.41) is 17.4. The first-order valence-corrected chi connectivity index (χ1v) is 11.0. The fourth-order valence-electron chi connectivity index (χ4n) is 3.86. The number of anilines is 1. The summed E-state index contributed by atoms with van der Waals surface area (Å²) in [5.41, 5.74) is 0. The second-order valence-corrected chi connectivity index (χ2v) is 8.93. The van der Waals surface area contributed by atoms with Gasteiger partial charge < -0.3 is 24.9 Å². The smallest absolute Gasteiger partial charge is 0.475 e. The first-order valence-electron chi connectivity index (χ1n) is 10.1. The molecule has 0 radical (unpaired) electrons. The minimum atomic E-state index is -5.08. The van der Waals surface area contributed by atoms with Gasteiger partial charge in [-0.3, -0.25) is 4.79 Å². The molecule has 1 aromatic heterocycles. The number of fused-ring (bicyclic) bond motifs is 1. The molecule has 2 fully saturated rings. The van der Waals surface area contributed by atoms with E-state index in [2.05, 4.69) is 34.3 Å². The van der Waals surface area contributed by atoms with Gasteiger partial charge in [-0.25, -0.2) is 14.6 Å². The lowest BCUT2D eigenvalue weighted by Gasteiger charge is -2.38. The first kappa shape index (κ1) is 30.4. The van der Waals surface area contributed by atoms with Crippen LogP contribution in [0.3, 0.4) is 0 Å². The molecule has 2 aliphatic heterocycles. The number of nitrogens with zero attached hydrogens (tertiary/aromatic N) is 4. The zero-order valence-electron chi connectivity index (χ0n) is 19.0. The molecule has 16 heteroatoms. The number of carboxylic acids is 2. The van der Waals surface area contributed by atoms with Crippen LogP contribution in [-0.2, 0) is 14.4 Å². The highest BCUT2D eigenvalue weighted by Gasteiger charge is 2.45. The van der Waals surface area contributed by atoms with E-state index in [4.69, 9.17) is 19.8 Å². The standard InChI is InChI=1S/C15H24N4OS.2C2HF3O2/c1-11(20)18-6-4-14-12(9-18)8-13(10-17(2)3)19(14)15-16-5-7-21-15;2*3-2(4,5)1(6)7/h5,7,12-14H,4,6,8-10H2,1-3H3;2*(H,6,7)/t12-,13+,14+;;/m1../s1. The van der Waals surface area contributed by atoms with Crippen LogP contribution in [0, 0.1) is 5.92 Å². The number of hydrogen-bond acceptors (Lipinski definition) is 7. The van der Waals surface area contributed by atoms with Gasteiger partial charge in [0, 0.05) is 50.2 Å². The first-order chi connectivity index (χ1) is 15.9. The summed E-state index contributed by atoms with van der Waals surface area (Å²) in [6.45, 7) is 4.52. The van der Waals surface area contributed by atoms with Crippen LogP contribution in [-0.4, -0.2) is 101 Å². The van der Waals surface area contributed by atoms with Crippen molar-refractivity contribution in [2.24, 2.45) is 5.92 Å². The fraction of sp³-hybridized carbons (Fsp3) is 0.684. The third-order valence-electron chi connectivity index (χ3n) is 5.17. The highest BCUT2D eigenvalue weighted by Crippen LogP contribution is 2.39. The molecule has 0 aromatic carbocycles. The Kier molecular flexibility index (Phi) is 10.8. The van der Waals surface area contributed by atoms with E-state index >= 15 is 0 Å². The van der Waals surface area contributed by atoms with Gasteiger partial charge in [-0.05, 0) is 32.9 Å². The number of carboxylic acid groups (broad SMARTS) is 2. The fourth-order valence-corrected chi connectivity index (χ4v) is 4.63. The molecule has 2 saturated heterocycles. The molecule has 3 atom stereocenters. The molecule has 35 heavy (non-hydrogen) atoms. The number of alkyl halides is 6. The van der Waals surface area contributed by atoms with Crippen molar-refractivity contribution in [2.75, 3.05) is 38.6 Å². The molecule has 9 nitrogen and oxygen atoms in total. The van der Waals surface area contributed by atoms with Crippen molar-refractivity contribution in [3.8, 4) is 0 Å². The van der Waals surface area contributed by atoms with Crippen molar-refractivity contribution in [3.63, 3.8) is 0 Å². The van der Waals surface area contributed by atoms with Gasteiger partial charge in [-0.15, -0.1) is 11.3 Å². The van der Waals surface area contributed by atoms with Crippen LogP contribution in [0.25, 0.3) is 0 Å². The number of rotatable bonds is 3. The van der Waals surface area contributed by atoms with Crippen molar-refractivity contribution >= 4 is 34.3 Å². The van der Waals surface area contributed by atoms with E-state index in [-0.39, 0.29) is 5.91 Å². The van der Waals surface area contributed by atoms with E-state index in [1.54, 1.807) is 18.3 Å². The number of likely N-dealkylation sites (N-methyl/N-ethyl adjacent to an activating group) is 1. The van der Waals surface area contributed by atoms with Gasteiger partial charge >= 0.3 is 24.3 Å². The minimum Gasteiger partial charge on any atom is -0.475 e. The van der Waals surface area contributed by atoms with Crippen molar-refractivity contribution in [1.82, 2.24) is 14.8 Å². The van der Waals surface area contributed by atoms with Crippen LogP contribution in [0.4, 0.5) is 31.5 Å². The number of hydrogen-bond donors (Lipinski definition) is 2. The average Bonchev–Trinajstić information content (AvgIpc) is 3.33. The summed E-state index contributed by atoms with van der Waals surface area (Å²) in [4.78, 5) is 40.8. The topological polar surface area (TPSA) is 114 Å². The zero-order valence-corrected chi connectivity index (χ0v) is 19.8. The molecule has 0 unspecified atom stereocenters. The maximum Gasteiger partial charge on any atom is 0.490 e. The molecule has 200 valence electrons. The lowest BCUT2D eigenvalue weighted by Crippen LogP contribution is -2.49. The number of carbonyl (C=O) groups is 3. The van der Waals surface area contributed by atoms with Gasteiger partial charge in [0.05, 0.1) is 0 Å². The molecule has 0 saturated carbocycles. The summed E-state index contributed by atoms with van der Waals surface area (Å²) < 4.78 is 63.5. The monoisotopic (exact) mass is 536 g/mol. The van der Waals surface area contributed by atoms with Gasteiger partial charge in [0.25, 0.3) is 0 Å². The third-order valence-corrected chi connectivity index (χ3v) is 5.95. The van der Waals surface area contributed by atoms with E-state index in [1.165, 1.54) is 0 Å². The second kappa shape index (κ2) is 12.4. The van der Waals surface area contributed by atoms with Crippen molar-refractivity contribution in [1.29, 1.82) is 0 Å². The number of amides is 1. The minimum absolute atomic E-state index is 0.213. The quantitative estimate of drug-likeness (QED) is 0.567.